The van der Waals surface area contributed by atoms with Gasteiger partial charge in [-0.25, -0.2) is 9.50 Å². The lowest BCUT2D eigenvalue weighted by molar-refractivity contribution is 0.151. The summed E-state index contributed by atoms with van der Waals surface area (Å²) in [5.74, 6) is 0.622. The normalized spacial score (nSPS) is 18.3. The number of halogens is 1. The Kier molecular flexibility index (Phi) is 5.09. The Morgan fingerprint density at radius 1 is 1.23 bits per heavy atom. The molecule has 0 bridgehead atoms. The maximum Gasteiger partial charge on any atom is 0.231 e. The zero-order valence-corrected chi connectivity index (χ0v) is 15.7. The molecule has 6 heteroatoms. The highest BCUT2D eigenvalue weighted by molar-refractivity contribution is 6.30. The first kappa shape index (κ1) is 17.3. The van der Waals surface area contributed by atoms with Crippen LogP contribution in [-0.4, -0.2) is 45.7 Å². The van der Waals surface area contributed by atoms with Crippen molar-refractivity contribution in [1.82, 2.24) is 19.5 Å². The Labute approximate surface area is 158 Å². The minimum absolute atomic E-state index is 0.614. The zero-order valence-electron chi connectivity index (χ0n) is 14.9. The Balaban J connectivity index is 1.49. The fourth-order valence-corrected chi connectivity index (χ4v) is 3.78. The van der Waals surface area contributed by atoms with E-state index < -0.39 is 0 Å². The van der Waals surface area contributed by atoms with Gasteiger partial charge < -0.3 is 9.64 Å². The lowest BCUT2D eigenvalue weighted by atomic mass is 10.0. The van der Waals surface area contributed by atoms with Crippen molar-refractivity contribution < 1.29 is 4.74 Å². The number of likely N-dealkylation sites (tertiary alicyclic amines) is 1. The van der Waals surface area contributed by atoms with Crippen LogP contribution in [0.5, 0.6) is 5.88 Å². The van der Waals surface area contributed by atoms with Gasteiger partial charge in [0.25, 0.3) is 0 Å². The van der Waals surface area contributed by atoms with E-state index in [1.807, 2.05) is 47.1 Å². The zero-order chi connectivity index (χ0) is 17.9. The summed E-state index contributed by atoms with van der Waals surface area (Å²) in [6, 6.07) is 12.1. The maximum absolute atomic E-state index is 6.12. The van der Waals surface area contributed by atoms with E-state index in [4.69, 9.17) is 16.3 Å². The van der Waals surface area contributed by atoms with E-state index in [0.717, 1.165) is 23.3 Å². The highest BCUT2D eigenvalue weighted by Crippen LogP contribution is 2.24. The molecule has 1 aliphatic heterocycles. The van der Waals surface area contributed by atoms with Crippen LogP contribution in [0.25, 0.3) is 16.9 Å². The predicted molar refractivity (Wildman–Crippen MR) is 104 cm³/mol. The summed E-state index contributed by atoms with van der Waals surface area (Å²) >= 11 is 6.12. The Morgan fingerprint density at radius 3 is 3.00 bits per heavy atom. The van der Waals surface area contributed by atoms with Gasteiger partial charge in [0, 0.05) is 22.7 Å². The molecule has 1 aromatic carbocycles. The Bertz CT molecular complexity index is 894. The third kappa shape index (κ3) is 3.69. The van der Waals surface area contributed by atoms with E-state index in [1.165, 1.54) is 25.8 Å². The summed E-state index contributed by atoms with van der Waals surface area (Å²) in [6.45, 7) is 1.86. The van der Waals surface area contributed by atoms with Crippen LogP contribution in [0, 0.1) is 0 Å². The molecule has 3 aromatic rings. The molecule has 0 spiro atoms. The summed E-state index contributed by atoms with van der Waals surface area (Å²) in [5, 5.41) is 5.31. The molecule has 0 radical (unpaired) electrons. The van der Waals surface area contributed by atoms with Gasteiger partial charge in [-0.15, -0.1) is 5.10 Å². The van der Waals surface area contributed by atoms with Crippen LogP contribution in [0.4, 0.5) is 0 Å². The first-order valence-electron chi connectivity index (χ1n) is 9.14. The van der Waals surface area contributed by atoms with Gasteiger partial charge in [-0.05, 0) is 51.1 Å². The Hall–Kier alpha value is -2.11. The second-order valence-corrected chi connectivity index (χ2v) is 7.30. The van der Waals surface area contributed by atoms with Crippen LogP contribution in [0.3, 0.4) is 0 Å². The molecule has 0 saturated carbocycles. The fourth-order valence-electron chi connectivity index (χ4n) is 3.59. The number of benzene rings is 1. The van der Waals surface area contributed by atoms with Crippen LogP contribution < -0.4 is 4.74 Å². The number of hydrogen-bond acceptors (Lipinski definition) is 4. The predicted octanol–water partition coefficient (Wildman–Crippen LogP) is 4.30. The van der Waals surface area contributed by atoms with Gasteiger partial charge in [0.15, 0.2) is 5.65 Å². The van der Waals surface area contributed by atoms with Crippen molar-refractivity contribution in [2.45, 2.75) is 31.7 Å². The standard InChI is InChI=1S/C20H23ClN4O/c1-24-11-3-2-7-17(24)10-12-26-20-9-8-19-22-14-18(25(19)23-20)15-5-4-6-16(21)13-15/h4-6,8-9,13-14,17H,2-3,7,10-12H2,1H3. The van der Waals surface area contributed by atoms with Gasteiger partial charge in [0.05, 0.1) is 18.5 Å². The minimum Gasteiger partial charge on any atom is -0.477 e. The summed E-state index contributed by atoms with van der Waals surface area (Å²) in [6.07, 6.45) is 6.72. The minimum atomic E-state index is 0.614. The van der Waals surface area contributed by atoms with Crippen molar-refractivity contribution in [3.63, 3.8) is 0 Å². The lowest BCUT2D eigenvalue weighted by Crippen LogP contribution is -2.37. The summed E-state index contributed by atoms with van der Waals surface area (Å²) < 4.78 is 7.75. The smallest absolute Gasteiger partial charge is 0.231 e. The van der Waals surface area contributed by atoms with Crippen molar-refractivity contribution in [3.8, 4) is 17.1 Å². The monoisotopic (exact) mass is 370 g/mol. The number of imidazole rings is 1. The molecule has 1 fully saturated rings. The first-order valence-corrected chi connectivity index (χ1v) is 9.52. The van der Waals surface area contributed by atoms with Crippen molar-refractivity contribution in [2.24, 2.45) is 0 Å². The summed E-state index contributed by atoms with van der Waals surface area (Å²) in [4.78, 5) is 6.87. The van der Waals surface area contributed by atoms with E-state index in [9.17, 15) is 0 Å². The van der Waals surface area contributed by atoms with Crippen molar-refractivity contribution in [2.75, 3.05) is 20.2 Å². The van der Waals surface area contributed by atoms with Gasteiger partial charge in [0.1, 0.15) is 0 Å². The number of fused-ring (bicyclic) bond motifs is 1. The molecule has 1 atom stereocenters. The average Bonchev–Trinajstić information content (AvgIpc) is 3.07. The van der Waals surface area contributed by atoms with Crippen molar-refractivity contribution >= 4 is 17.2 Å². The van der Waals surface area contributed by atoms with E-state index in [1.54, 1.807) is 0 Å². The summed E-state index contributed by atoms with van der Waals surface area (Å²) in [7, 11) is 2.21. The second kappa shape index (κ2) is 7.64. The molecule has 5 nitrogen and oxygen atoms in total. The number of ether oxygens (including phenoxy) is 1. The number of rotatable bonds is 5. The molecule has 0 amide bonds. The summed E-state index contributed by atoms with van der Waals surface area (Å²) in [5.41, 5.74) is 2.68. The number of aromatic nitrogens is 3. The molecule has 1 unspecified atom stereocenters. The van der Waals surface area contributed by atoms with E-state index in [-0.39, 0.29) is 0 Å². The van der Waals surface area contributed by atoms with Crippen molar-refractivity contribution in [1.29, 1.82) is 0 Å². The van der Waals surface area contributed by atoms with Crippen molar-refractivity contribution in [3.05, 3.63) is 47.6 Å². The molecule has 1 aliphatic rings. The van der Waals surface area contributed by atoms with Crippen LogP contribution in [0.2, 0.25) is 5.02 Å². The SMILES string of the molecule is CN1CCCCC1CCOc1ccc2ncc(-c3cccc(Cl)c3)n2n1. The number of hydrogen-bond donors (Lipinski definition) is 0. The highest BCUT2D eigenvalue weighted by atomic mass is 35.5. The van der Waals surface area contributed by atoms with Crippen LogP contribution in [0.15, 0.2) is 42.6 Å². The molecular weight excluding hydrogens is 348 g/mol. The van der Waals surface area contributed by atoms with Gasteiger partial charge in [-0.2, -0.15) is 0 Å². The third-order valence-corrected chi connectivity index (χ3v) is 5.32. The average molecular weight is 371 g/mol. The van der Waals surface area contributed by atoms with Crippen LogP contribution in [-0.2, 0) is 0 Å². The number of piperidine rings is 1. The lowest BCUT2D eigenvalue weighted by Gasteiger charge is -2.32. The molecule has 1 saturated heterocycles. The number of nitrogens with zero attached hydrogens (tertiary/aromatic N) is 4. The van der Waals surface area contributed by atoms with E-state index in [0.29, 0.717) is 23.6 Å². The topological polar surface area (TPSA) is 42.7 Å². The molecule has 3 heterocycles. The van der Waals surface area contributed by atoms with Gasteiger partial charge in [-0.1, -0.05) is 30.2 Å². The van der Waals surface area contributed by atoms with E-state index in [2.05, 4.69) is 22.0 Å². The van der Waals surface area contributed by atoms with E-state index >= 15 is 0 Å². The van der Waals surface area contributed by atoms with Gasteiger partial charge in [0.2, 0.25) is 5.88 Å². The van der Waals surface area contributed by atoms with Gasteiger partial charge >= 0.3 is 0 Å². The maximum atomic E-state index is 6.12. The Morgan fingerprint density at radius 2 is 2.15 bits per heavy atom. The molecule has 136 valence electrons. The van der Waals surface area contributed by atoms with Gasteiger partial charge in [-0.3, -0.25) is 0 Å². The largest absolute Gasteiger partial charge is 0.477 e. The molecule has 4 rings (SSSR count). The molecule has 2 aromatic heterocycles. The second-order valence-electron chi connectivity index (χ2n) is 6.86. The fraction of sp³-hybridized carbons (Fsp3) is 0.400. The molecule has 0 N–H and O–H groups in total. The third-order valence-electron chi connectivity index (χ3n) is 5.08. The highest BCUT2D eigenvalue weighted by Gasteiger charge is 2.18. The first-order chi connectivity index (χ1) is 12.7. The quantitative estimate of drug-likeness (QED) is 0.671. The molecule has 0 aliphatic carbocycles. The molecular formula is C20H23ClN4O. The van der Waals surface area contributed by atoms with Crippen LogP contribution >= 0.6 is 11.6 Å². The molecule has 26 heavy (non-hydrogen) atoms. The van der Waals surface area contributed by atoms with Crippen LogP contribution in [0.1, 0.15) is 25.7 Å².